The van der Waals surface area contributed by atoms with Crippen LogP contribution in [0.2, 0.25) is 0 Å². The van der Waals surface area contributed by atoms with Gasteiger partial charge in [-0.05, 0) is 26.3 Å². The molecule has 2 amide bonds. The summed E-state index contributed by atoms with van der Waals surface area (Å²) in [7, 11) is 0. The molecule has 0 N–H and O–H groups in total. The Labute approximate surface area is 131 Å². The Morgan fingerprint density at radius 3 is 2.14 bits per heavy atom. The van der Waals surface area contributed by atoms with Crippen molar-refractivity contribution >= 4 is 12.0 Å². The van der Waals surface area contributed by atoms with Gasteiger partial charge in [-0.3, -0.25) is 4.79 Å². The van der Waals surface area contributed by atoms with Crippen LogP contribution in [0, 0.1) is 0 Å². The van der Waals surface area contributed by atoms with Crippen molar-refractivity contribution < 1.29 is 14.3 Å². The minimum absolute atomic E-state index is 0.0993. The number of piperazine rings is 1. The summed E-state index contributed by atoms with van der Waals surface area (Å²) >= 11 is 0. The number of hydrogen-bond donors (Lipinski definition) is 0. The number of nitrogens with zero attached hydrogens (tertiary/aromatic N) is 2. The second-order valence-corrected chi connectivity index (χ2v) is 5.97. The SMILES string of the molecule is CCOC(=O)N1CCN(C(=O)C(C)(C)c2ccccc2)CC1. The molecule has 1 aromatic rings. The van der Waals surface area contributed by atoms with Gasteiger partial charge in [-0.2, -0.15) is 0 Å². The first-order chi connectivity index (χ1) is 10.5. The van der Waals surface area contributed by atoms with E-state index in [-0.39, 0.29) is 12.0 Å². The number of hydrogen-bond acceptors (Lipinski definition) is 3. The zero-order valence-electron chi connectivity index (χ0n) is 13.5. The molecule has 120 valence electrons. The van der Waals surface area contributed by atoms with Crippen LogP contribution in [0.15, 0.2) is 30.3 Å². The summed E-state index contributed by atoms with van der Waals surface area (Å²) in [5.74, 6) is 0.0993. The monoisotopic (exact) mass is 304 g/mol. The fourth-order valence-corrected chi connectivity index (χ4v) is 2.68. The van der Waals surface area contributed by atoms with Gasteiger partial charge in [0, 0.05) is 26.2 Å². The van der Waals surface area contributed by atoms with Crippen LogP contribution >= 0.6 is 0 Å². The molecular weight excluding hydrogens is 280 g/mol. The summed E-state index contributed by atoms with van der Waals surface area (Å²) in [5, 5.41) is 0. The highest BCUT2D eigenvalue weighted by Crippen LogP contribution is 2.26. The van der Waals surface area contributed by atoms with Crippen molar-refractivity contribution in [2.45, 2.75) is 26.2 Å². The molecule has 1 aromatic carbocycles. The molecule has 0 radical (unpaired) electrons. The van der Waals surface area contributed by atoms with Gasteiger partial charge in [0.2, 0.25) is 5.91 Å². The molecule has 2 rings (SSSR count). The number of amides is 2. The minimum Gasteiger partial charge on any atom is -0.450 e. The molecule has 0 spiro atoms. The molecule has 0 aromatic heterocycles. The maximum absolute atomic E-state index is 12.8. The number of benzene rings is 1. The molecule has 0 saturated carbocycles. The van der Waals surface area contributed by atoms with Crippen molar-refractivity contribution in [1.29, 1.82) is 0 Å². The van der Waals surface area contributed by atoms with E-state index >= 15 is 0 Å². The van der Waals surface area contributed by atoms with Crippen molar-refractivity contribution in [3.05, 3.63) is 35.9 Å². The number of rotatable bonds is 3. The third-order valence-electron chi connectivity index (χ3n) is 4.12. The average Bonchev–Trinajstić information content (AvgIpc) is 2.55. The van der Waals surface area contributed by atoms with E-state index in [2.05, 4.69) is 0 Å². The number of carbonyl (C=O) groups is 2. The second kappa shape index (κ2) is 6.81. The van der Waals surface area contributed by atoms with E-state index in [4.69, 9.17) is 4.74 Å². The lowest BCUT2D eigenvalue weighted by atomic mass is 9.83. The van der Waals surface area contributed by atoms with E-state index in [1.54, 1.807) is 11.8 Å². The van der Waals surface area contributed by atoms with E-state index in [1.165, 1.54) is 0 Å². The van der Waals surface area contributed by atoms with Gasteiger partial charge >= 0.3 is 6.09 Å². The van der Waals surface area contributed by atoms with Gasteiger partial charge in [0.05, 0.1) is 12.0 Å². The Bertz CT molecular complexity index is 520. The molecule has 1 aliphatic heterocycles. The predicted octanol–water partition coefficient (Wildman–Crippen LogP) is 2.26. The van der Waals surface area contributed by atoms with Crippen LogP contribution in [0.1, 0.15) is 26.3 Å². The first-order valence-electron chi connectivity index (χ1n) is 7.73. The van der Waals surface area contributed by atoms with E-state index in [0.717, 1.165) is 5.56 Å². The molecule has 0 atom stereocenters. The van der Waals surface area contributed by atoms with Crippen LogP contribution in [0.3, 0.4) is 0 Å². The summed E-state index contributed by atoms with van der Waals surface area (Å²) in [6.45, 7) is 8.20. The molecule has 1 aliphatic rings. The van der Waals surface area contributed by atoms with Gasteiger partial charge in [0.15, 0.2) is 0 Å². The smallest absolute Gasteiger partial charge is 0.409 e. The number of carbonyl (C=O) groups excluding carboxylic acids is 2. The summed E-state index contributed by atoms with van der Waals surface area (Å²) in [5.41, 5.74) is 0.445. The summed E-state index contributed by atoms with van der Waals surface area (Å²) in [6, 6.07) is 9.80. The lowest BCUT2D eigenvalue weighted by molar-refractivity contribution is -0.137. The van der Waals surface area contributed by atoms with E-state index < -0.39 is 5.41 Å². The lowest BCUT2D eigenvalue weighted by Gasteiger charge is -2.38. The Hall–Kier alpha value is -2.04. The van der Waals surface area contributed by atoms with Gasteiger partial charge in [0.25, 0.3) is 0 Å². The van der Waals surface area contributed by atoms with Crippen LogP contribution < -0.4 is 0 Å². The average molecular weight is 304 g/mol. The topological polar surface area (TPSA) is 49.9 Å². The molecule has 5 heteroatoms. The number of ether oxygens (including phenoxy) is 1. The predicted molar refractivity (Wildman–Crippen MR) is 84.6 cm³/mol. The Morgan fingerprint density at radius 1 is 1.05 bits per heavy atom. The molecule has 0 bridgehead atoms. The van der Waals surface area contributed by atoms with Crippen LogP contribution in [0.5, 0.6) is 0 Å². The highest BCUT2D eigenvalue weighted by atomic mass is 16.6. The van der Waals surface area contributed by atoms with Gasteiger partial charge in [-0.1, -0.05) is 30.3 Å². The standard InChI is InChI=1S/C17H24N2O3/c1-4-22-16(21)19-12-10-18(11-13-19)15(20)17(2,3)14-8-6-5-7-9-14/h5-9H,4,10-13H2,1-3H3. The quantitative estimate of drug-likeness (QED) is 0.860. The maximum Gasteiger partial charge on any atom is 0.409 e. The highest BCUT2D eigenvalue weighted by Gasteiger charge is 2.35. The molecule has 5 nitrogen and oxygen atoms in total. The fraction of sp³-hybridized carbons (Fsp3) is 0.529. The third-order valence-corrected chi connectivity index (χ3v) is 4.12. The maximum atomic E-state index is 12.8. The molecule has 1 fully saturated rings. The van der Waals surface area contributed by atoms with Gasteiger partial charge in [-0.25, -0.2) is 4.79 Å². The minimum atomic E-state index is -0.562. The van der Waals surface area contributed by atoms with Crippen molar-refractivity contribution in [2.24, 2.45) is 0 Å². The molecule has 1 saturated heterocycles. The third kappa shape index (κ3) is 3.40. The van der Waals surface area contributed by atoms with E-state index in [0.29, 0.717) is 32.8 Å². The summed E-state index contributed by atoms with van der Waals surface area (Å²) in [6.07, 6.45) is -0.295. The first-order valence-corrected chi connectivity index (χ1v) is 7.73. The van der Waals surface area contributed by atoms with Gasteiger partial charge in [0.1, 0.15) is 0 Å². The zero-order valence-corrected chi connectivity index (χ0v) is 13.5. The van der Waals surface area contributed by atoms with Crippen molar-refractivity contribution in [3.8, 4) is 0 Å². The molecule has 0 unspecified atom stereocenters. The van der Waals surface area contributed by atoms with Crippen LogP contribution in [-0.4, -0.2) is 54.6 Å². The molecule has 22 heavy (non-hydrogen) atoms. The zero-order chi connectivity index (χ0) is 16.2. The summed E-state index contributed by atoms with van der Waals surface area (Å²) in [4.78, 5) is 28.0. The summed E-state index contributed by atoms with van der Waals surface area (Å²) < 4.78 is 5.00. The fourth-order valence-electron chi connectivity index (χ4n) is 2.68. The first kappa shape index (κ1) is 16.3. The molecule has 1 heterocycles. The molecular formula is C17H24N2O3. The molecule has 0 aliphatic carbocycles. The van der Waals surface area contributed by atoms with Crippen molar-refractivity contribution in [1.82, 2.24) is 9.80 Å². The Morgan fingerprint density at radius 2 is 1.59 bits per heavy atom. The second-order valence-electron chi connectivity index (χ2n) is 5.97. The van der Waals surface area contributed by atoms with Gasteiger partial charge in [-0.15, -0.1) is 0 Å². The highest BCUT2D eigenvalue weighted by molar-refractivity contribution is 5.87. The normalized spacial score (nSPS) is 15.6. The van der Waals surface area contributed by atoms with E-state index in [9.17, 15) is 9.59 Å². The van der Waals surface area contributed by atoms with Crippen molar-refractivity contribution in [2.75, 3.05) is 32.8 Å². The van der Waals surface area contributed by atoms with Crippen LogP contribution in [0.4, 0.5) is 4.79 Å². The largest absolute Gasteiger partial charge is 0.450 e. The Balaban J connectivity index is 1.99. The van der Waals surface area contributed by atoms with E-state index in [1.807, 2.05) is 49.1 Å². The lowest BCUT2D eigenvalue weighted by Crippen LogP contribution is -2.54. The van der Waals surface area contributed by atoms with Gasteiger partial charge < -0.3 is 14.5 Å². The van der Waals surface area contributed by atoms with Crippen LogP contribution in [0.25, 0.3) is 0 Å². The Kier molecular flexibility index (Phi) is 5.06. The van der Waals surface area contributed by atoms with Crippen LogP contribution in [-0.2, 0) is 14.9 Å². The van der Waals surface area contributed by atoms with Crippen molar-refractivity contribution in [3.63, 3.8) is 0 Å².